The van der Waals surface area contributed by atoms with Crippen molar-refractivity contribution < 1.29 is 121 Å². The molecule has 0 saturated heterocycles. The molecule has 0 unspecified atom stereocenters. The molecule has 19 heavy (non-hydrogen) atoms. The zero-order valence-electron chi connectivity index (χ0n) is 9.34. The van der Waals surface area contributed by atoms with Crippen molar-refractivity contribution in [2.45, 2.75) is 0 Å². The molecule has 0 amide bonds. The Balaban J connectivity index is -0.000000165. The maximum atomic E-state index is 10.4. The SMILES string of the molecule is O=C([O-])[O-].O=P(O)(O)OP(=O)(O)OP(=O)(O)O.[Na+].[Na+]. The number of carbonyl (C=O) groups excluding carboxylic acids is 1. The van der Waals surface area contributed by atoms with E-state index < -0.39 is 29.6 Å². The standard InChI is InChI=1S/CH2O3.2Na.H5O10P3/c2-1(3)4;;;1-11(2,3)9-13(7,8)10-12(4,5)6/h(H2,2,3,4);;;(H,7,8)(H2,1,2,3)(H2,4,5,6)/q;2*+1;/p-2. The van der Waals surface area contributed by atoms with E-state index in [2.05, 4.69) is 8.62 Å². The summed E-state index contributed by atoms with van der Waals surface area (Å²) in [5.74, 6) is 0. The molecular weight excluding hydrogens is 359 g/mol. The van der Waals surface area contributed by atoms with Crippen molar-refractivity contribution in [1.29, 1.82) is 0 Å². The average Bonchev–Trinajstić information content (AvgIpc) is 1.68. The maximum Gasteiger partial charge on any atom is 1.00 e. The summed E-state index contributed by atoms with van der Waals surface area (Å²) in [6.45, 7) is 0. The van der Waals surface area contributed by atoms with Gasteiger partial charge in [0.15, 0.2) is 0 Å². The van der Waals surface area contributed by atoms with E-state index in [0.717, 1.165) is 0 Å². The van der Waals surface area contributed by atoms with E-state index >= 15 is 0 Å². The third-order valence-corrected chi connectivity index (χ3v) is 3.77. The normalized spacial score (nSPS) is 11.2. The molecule has 0 fully saturated rings. The van der Waals surface area contributed by atoms with Gasteiger partial charge in [0.2, 0.25) is 0 Å². The van der Waals surface area contributed by atoms with Crippen LogP contribution in [0.25, 0.3) is 0 Å². The number of hydrogen-bond donors (Lipinski definition) is 5. The van der Waals surface area contributed by atoms with Gasteiger partial charge < -0.3 is 39.5 Å². The van der Waals surface area contributed by atoms with Crippen LogP contribution < -0.4 is 69.3 Å². The van der Waals surface area contributed by atoms with Crippen LogP contribution in [0.4, 0.5) is 4.79 Å². The number of carboxylic acid groups (broad SMARTS) is 2. The van der Waals surface area contributed by atoms with E-state index in [1.807, 2.05) is 0 Å². The third-order valence-electron chi connectivity index (χ3n) is 0.419. The number of hydrogen-bond acceptors (Lipinski definition) is 8. The quantitative estimate of drug-likeness (QED) is 0.230. The van der Waals surface area contributed by atoms with Crippen LogP contribution in [0, 0.1) is 0 Å². The molecule has 0 aliphatic rings. The second-order valence-corrected chi connectivity index (χ2v) is 6.07. The molecule has 0 radical (unpaired) electrons. The van der Waals surface area contributed by atoms with E-state index in [0.29, 0.717) is 0 Å². The topological polar surface area (TPSA) is 234 Å². The molecule has 0 heterocycles. The van der Waals surface area contributed by atoms with Crippen molar-refractivity contribution in [2.24, 2.45) is 0 Å². The molecular formula is CH5Na2O13P3. The number of rotatable bonds is 4. The van der Waals surface area contributed by atoms with E-state index in [1.54, 1.807) is 0 Å². The van der Waals surface area contributed by atoms with Crippen molar-refractivity contribution >= 4 is 29.6 Å². The van der Waals surface area contributed by atoms with Gasteiger partial charge in [-0.2, -0.15) is 8.62 Å². The summed E-state index contributed by atoms with van der Waals surface area (Å²) < 4.78 is 36.4. The second-order valence-electron chi connectivity index (χ2n) is 1.86. The van der Waals surface area contributed by atoms with Gasteiger partial charge in [0.05, 0.1) is 0 Å². The van der Waals surface area contributed by atoms with Crippen LogP contribution >= 0.6 is 23.5 Å². The first-order valence-corrected chi connectivity index (χ1v) is 7.45. The molecule has 0 aromatic carbocycles. The largest absolute Gasteiger partial charge is 1.00 e. The Hall–Kier alpha value is 1.68. The smallest absolute Gasteiger partial charge is 0.652 e. The van der Waals surface area contributed by atoms with E-state index in [4.69, 9.17) is 39.5 Å². The molecule has 0 spiro atoms. The molecule has 5 N–H and O–H groups in total. The van der Waals surface area contributed by atoms with Gasteiger partial charge >= 0.3 is 82.6 Å². The molecule has 0 aliphatic heterocycles. The summed E-state index contributed by atoms with van der Waals surface area (Å²) in [5.41, 5.74) is 0. The first-order valence-electron chi connectivity index (χ1n) is 2.89. The van der Waals surface area contributed by atoms with Crippen LogP contribution in [-0.2, 0) is 22.3 Å². The summed E-state index contributed by atoms with van der Waals surface area (Å²) in [7, 11) is -16.2. The predicted octanol–water partition coefficient (Wildman–Crippen LogP) is -9.13. The van der Waals surface area contributed by atoms with Gasteiger partial charge in [0.1, 0.15) is 0 Å². The molecule has 18 heteroatoms. The first kappa shape index (κ1) is 28.8. The second kappa shape index (κ2) is 11.3. The minimum Gasteiger partial charge on any atom is -0.652 e. The molecule has 0 rings (SSSR count). The zero-order chi connectivity index (χ0) is 14.5. The predicted molar refractivity (Wildman–Crippen MR) is 41.5 cm³/mol. The Bertz CT molecular complexity index is 359. The van der Waals surface area contributed by atoms with E-state index in [1.165, 1.54) is 0 Å². The minimum absolute atomic E-state index is 0. The van der Waals surface area contributed by atoms with Crippen molar-refractivity contribution in [3.05, 3.63) is 0 Å². The maximum absolute atomic E-state index is 10.4. The monoisotopic (exact) mass is 364 g/mol. The summed E-state index contributed by atoms with van der Waals surface area (Å²) in [4.78, 5) is 48.5. The summed E-state index contributed by atoms with van der Waals surface area (Å²) in [6, 6.07) is 0. The number of phosphoric acid groups is 3. The molecule has 0 atom stereocenters. The summed E-state index contributed by atoms with van der Waals surface area (Å²) in [6.07, 6.45) is -2.33. The fourth-order valence-corrected chi connectivity index (χ4v) is 2.82. The van der Waals surface area contributed by atoms with Crippen LogP contribution in [-0.4, -0.2) is 30.6 Å². The van der Waals surface area contributed by atoms with Crippen LogP contribution in [0.2, 0.25) is 0 Å². The Labute approximate surface area is 149 Å². The van der Waals surface area contributed by atoms with E-state index in [-0.39, 0.29) is 59.1 Å². The Morgan fingerprint density at radius 2 is 0.947 bits per heavy atom. The summed E-state index contributed by atoms with van der Waals surface area (Å²) in [5, 5.41) is 16.7. The van der Waals surface area contributed by atoms with Gasteiger partial charge in [-0.1, -0.05) is 0 Å². The fourth-order valence-electron chi connectivity index (χ4n) is 0.284. The molecule has 0 aliphatic carbocycles. The van der Waals surface area contributed by atoms with Crippen LogP contribution in [0.15, 0.2) is 0 Å². The van der Waals surface area contributed by atoms with Gasteiger partial charge in [-0.15, -0.1) is 0 Å². The van der Waals surface area contributed by atoms with Gasteiger partial charge in [0, 0.05) is 0 Å². The molecule has 0 saturated carbocycles. The third kappa shape index (κ3) is 32.9. The van der Waals surface area contributed by atoms with Crippen LogP contribution in [0.3, 0.4) is 0 Å². The van der Waals surface area contributed by atoms with Crippen molar-refractivity contribution in [1.82, 2.24) is 0 Å². The van der Waals surface area contributed by atoms with Crippen molar-refractivity contribution in [3.8, 4) is 0 Å². The molecule has 0 aromatic heterocycles. The molecule has 13 nitrogen and oxygen atoms in total. The van der Waals surface area contributed by atoms with Crippen LogP contribution in [0.5, 0.6) is 0 Å². The fraction of sp³-hybridized carbons (Fsp3) is 0. The summed E-state index contributed by atoms with van der Waals surface area (Å²) >= 11 is 0. The molecule has 0 bridgehead atoms. The Kier molecular flexibility index (Phi) is 17.1. The zero-order valence-corrected chi connectivity index (χ0v) is 16.0. The Morgan fingerprint density at radius 3 is 1.05 bits per heavy atom. The van der Waals surface area contributed by atoms with Crippen molar-refractivity contribution in [3.63, 3.8) is 0 Å². The average molecular weight is 364 g/mol. The Morgan fingerprint density at radius 1 is 0.789 bits per heavy atom. The number of carbonyl (C=O) groups is 1. The van der Waals surface area contributed by atoms with Gasteiger partial charge in [-0.05, 0) is 6.16 Å². The van der Waals surface area contributed by atoms with Crippen LogP contribution in [0.1, 0.15) is 0 Å². The van der Waals surface area contributed by atoms with Crippen molar-refractivity contribution in [2.75, 3.05) is 0 Å². The first-order chi connectivity index (χ1) is 7.15. The van der Waals surface area contributed by atoms with Gasteiger partial charge in [-0.25, -0.2) is 13.7 Å². The van der Waals surface area contributed by atoms with E-state index in [9.17, 15) is 13.7 Å². The molecule has 0 aromatic rings. The van der Waals surface area contributed by atoms with Gasteiger partial charge in [0.25, 0.3) is 0 Å². The van der Waals surface area contributed by atoms with Gasteiger partial charge in [-0.3, -0.25) is 0 Å². The molecule has 104 valence electrons. The minimum atomic E-state index is -5.46.